The third kappa shape index (κ3) is 6.82. The van der Waals surface area contributed by atoms with Crippen molar-refractivity contribution < 1.29 is 0 Å². The van der Waals surface area contributed by atoms with Crippen LogP contribution in [0.3, 0.4) is 0 Å². The summed E-state index contributed by atoms with van der Waals surface area (Å²) in [4.78, 5) is 11.2. The third-order valence-electron chi connectivity index (χ3n) is 3.21. The minimum absolute atomic E-state index is 0. The number of thiazole rings is 1. The quantitative estimate of drug-likeness (QED) is 0.402. The zero-order valence-corrected chi connectivity index (χ0v) is 16.2. The molecule has 0 unspecified atom stereocenters. The summed E-state index contributed by atoms with van der Waals surface area (Å²) >= 11 is 1.66. The molecule has 2 N–H and O–H groups in total. The van der Waals surface area contributed by atoms with E-state index in [0.29, 0.717) is 6.54 Å². The van der Waals surface area contributed by atoms with Crippen LogP contribution >= 0.6 is 35.3 Å². The van der Waals surface area contributed by atoms with E-state index in [0.717, 1.165) is 35.8 Å². The average molecular weight is 423 g/mol. The van der Waals surface area contributed by atoms with Crippen LogP contribution in [0.2, 0.25) is 0 Å². The molecule has 7 heteroatoms. The lowest BCUT2D eigenvalue weighted by Gasteiger charge is -2.10. The molecule has 2 rings (SSSR count). The van der Waals surface area contributed by atoms with Crippen molar-refractivity contribution in [1.29, 1.82) is 0 Å². The van der Waals surface area contributed by atoms with E-state index >= 15 is 0 Å². The maximum atomic E-state index is 4.59. The summed E-state index contributed by atoms with van der Waals surface area (Å²) in [6.45, 7) is 4.61. The number of nitrogens with one attached hydrogen (secondary N) is 2. The highest BCUT2D eigenvalue weighted by Gasteiger charge is 2.20. The first kappa shape index (κ1) is 18.5. The maximum Gasteiger partial charge on any atom is 0.191 e. The van der Waals surface area contributed by atoms with Gasteiger partial charge in [0.25, 0.3) is 0 Å². The molecule has 0 aromatic carbocycles. The minimum atomic E-state index is 0. The van der Waals surface area contributed by atoms with Gasteiger partial charge in [-0.05, 0) is 19.3 Å². The number of nitrogens with zero attached hydrogens (tertiary/aromatic N) is 3. The van der Waals surface area contributed by atoms with E-state index in [2.05, 4.69) is 32.9 Å². The van der Waals surface area contributed by atoms with E-state index in [1.807, 2.05) is 19.0 Å². The molecule has 1 heterocycles. The van der Waals surface area contributed by atoms with E-state index in [9.17, 15) is 0 Å². The average Bonchev–Trinajstić information content (AvgIpc) is 3.11. The molecule has 0 radical (unpaired) electrons. The third-order valence-corrected chi connectivity index (χ3v) is 4.26. The number of hydrogen-bond acceptors (Lipinski definition) is 4. The smallest absolute Gasteiger partial charge is 0.191 e. The standard InChI is InChI=1S/C14H25N5S.HI/c1-4-15-13(16-8-7-11-5-6-11)17-9-12-10-20-14(18-12)19(2)3;/h10-11H,4-9H2,1-3H3,(H2,15,16,17);1H. The summed E-state index contributed by atoms with van der Waals surface area (Å²) < 4.78 is 0. The van der Waals surface area contributed by atoms with Gasteiger partial charge in [-0.15, -0.1) is 35.3 Å². The molecular formula is C14H26IN5S. The fraction of sp³-hybridized carbons (Fsp3) is 0.714. The molecule has 1 saturated carbocycles. The van der Waals surface area contributed by atoms with Crippen molar-refractivity contribution in [3.05, 3.63) is 11.1 Å². The van der Waals surface area contributed by atoms with Crippen LogP contribution in [0.25, 0.3) is 0 Å². The Balaban J connectivity index is 0.00000220. The van der Waals surface area contributed by atoms with Crippen molar-refractivity contribution >= 4 is 46.4 Å². The van der Waals surface area contributed by atoms with Crippen LogP contribution < -0.4 is 15.5 Å². The van der Waals surface area contributed by atoms with E-state index in [4.69, 9.17) is 0 Å². The molecular weight excluding hydrogens is 397 g/mol. The summed E-state index contributed by atoms with van der Waals surface area (Å²) in [6, 6.07) is 0. The van der Waals surface area contributed by atoms with Crippen LogP contribution in [-0.4, -0.2) is 38.1 Å². The Morgan fingerprint density at radius 3 is 2.76 bits per heavy atom. The van der Waals surface area contributed by atoms with Gasteiger partial charge in [0.05, 0.1) is 12.2 Å². The number of aliphatic imine (C=N–C) groups is 1. The second-order valence-electron chi connectivity index (χ2n) is 5.37. The van der Waals surface area contributed by atoms with Crippen molar-refractivity contribution in [2.45, 2.75) is 32.7 Å². The normalized spacial score (nSPS) is 14.5. The largest absolute Gasteiger partial charge is 0.357 e. The molecule has 1 aliphatic carbocycles. The van der Waals surface area contributed by atoms with Crippen LogP contribution in [0, 0.1) is 5.92 Å². The molecule has 120 valence electrons. The maximum absolute atomic E-state index is 4.59. The fourth-order valence-corrected chi connectivity index (χ4v) is 2.63. The zero-order valence-electron chi connectivity index (χ0n) is 13.1. The highest BCUT2D eigenvalue weighted by atomic mass is 127. The van der Waals surface area contributed by atoms with Gasteiger partial charge in [0.1, 0.15) is 0 Å². The lowest BCUT2D eigenvalue weighted by atomic mass is 10.3. The monoisotopic (exact) mass is 423 g/mol. The molecule has 1 aliphatic rings. The summed E-state index contributed by atoms with van der Waals surface area (Å²) in [6.07, 6.45) is 4.06. The first-order chi connectivity index (χ1) is 9.69. The van der Waals surface area contributed by atoms with Crippen LogP contribution in [-0.2, 0) is 6.54 Å². The summed E-state index contributed by atoms with van der Waals surface area (Å²) in [5.41, 5.74) is 1.03. The lowest BCUT2D eigenvalue weighted by Crippen LogP contribution is -2.37. The number of hydrogen-bond donors (Lipinski definition) is 2. The number of guanidine groups is 1. The van der Waals surface area contributed by atoms with Crippen molar-refractivity contribution in [3.8, 4) is 0 Å². The Morgan fingerprint density at radius 2 is 2.19 bits per heavy atom. The van der Waals surface area contributed by atoms with Gasteiger partial charge in [-0.25, -0.2) is 9.98 Å². The van der Waals surface area contributed by atoms with Gasteiger partial charge in [-0.1, -0.05) is 12.8 Å². The van der Waals surface area contributed by atoms with Crippen molar-refractivity contribution in [2.75, 3.05) is 32.1 Å². The Labute approximate surface area is 148 Å². The van der Waals surface area contributed by atoms with Crippen LogP contribution in [0.1, 0.15) is 31.9 Å². The Bertz CT molecular complexity index is 442. The first-order valence-electron chi connectivity index (χ1n) is 7.33. The topological polar surface area (TPSA) is 52.6 Å². The molecule has 0 bridgehead atoms. The first-order valence-corrected chi connectivity index (χ1v) is 8.21. The SMILES string of the molecule is CCNC(=NCc1csc(N(C)C)n1)NCCC1CC1.I. The van der Waals surface area contributed by atoms with Gasteiger partial charge in [-0.3, -0.25) is 0 Å². The molecule has 0 spiro atoms. The van der Waals surface area contributed by atoms with Crippen molar-refractivity contribution in [3.63, 3.8) is 0 Å². The van der Waals surface area contributed by atoms with Crippen LogP contribution in [0.15, 0.2) is 10.4 Å². The van der Waals surface area contributed by atoms with E-state index in [1.54, 1.807) is 11.3 Å². The number of halogens is 1. The minimum Gasteiger partial charge on any atom is -0.357 e. The predicted molar refractivity (Wildman–Crippen MR) is 102 cm³/mol. The number of anilines is 1. The molecule has 21 heavy (non-hydrogen) atoms. The van der Waals surface area contributed by atoms with Gasteiger partial charge in [-0.2, -0.15) is 0 Å². The summed E-state index contributed by atoms with van der Waals surface area (Å²) in [7, 11) is 4.02. The van der Waals surface area contributed by atoms with Gasteiger partial charge in [0, 0.05) is 32.6 Å². The highest BCUT2D eigenvalue weighted by Crippen LogP contribution is 2.31. The molecule has 0 aliphatic heterocycles. The Morgan fingerprint density at radius 1 is 1.43 bits per heavy atom. The number of rotatable bonds is 7. The van der Waals surface area contributed by atoms with Gasteiger partial charge >= 0.3 is 0 Å². The van der Waals surface area contributed by atoms with Gasteiger partial charge in [0.2, 0.25) is 0 Å². The molecule has 1 aromatic heterocycles. The zero-order chi connectivity index (χ0) is 14.4. The van der Waals surface area contributed by atoms with E-state index in [-0.39, 0.29) is 24.0 Å². The summed E-state index contributed by atoms with van der Waals surface area (Å²) in [5, 5.41) is 9.78. The van der Waals surface area contributed by atoms with Crippen molar-refractivity contribution in [2.24, 2.45) is 10.9 Å². The number of aromatic nitrogens is 1. The molecule has 0 amide bonds. The predicted octanol–water partition coefficient (Wildman–Crippen LogP) is 2.68. The fourth-order valence-electron chi connectivity index (χ4n) is 1.88. The Kier molecular flexibility index (Phi) is 8.31. The molecule has 5 nitrogen and oxygen atoms in total. The Hall–Kier alpha value is -0.570. The van der Waals surface area contributed by atoms with Gasteiger partial charge < -0.3 is 15.5 Å². The summed E-state index contributed by atoms with van der Waals surface area (Å²) in [5.74, 6) is 1.85. The van der Waals surface area contributed by atoms with E-state index < -0.39 is 0 Å². The lowest BCUT2D eigenvalue weighted by molar-refractivity contribution is 0.685. The van der Waals surface area contributed by atoms with Crippen LogP contribution in [0.4, 0.5) is 5.13 Å². The second kappa shape index (κ2) is 9.45. The molecule has 0 saturated heterocycles. The van der Waals surface area contributed by atoms with Gasteiger partial charge in [0.15, 0.2) is 11.1 Å². The highest BCUT2D eigenvalue weighted by molar-refractivity contribution is 14.0. The van der Waals surface area contributed by atoms with Crippen molar-refractivity contribution in [1.82, 2.24) is 15.6 Å². The van der Waals surface area contributed by atoms with E-state index in [1.165, 1.54) is 19.3 Å². The second-order valence-corrected chi connectivity index (χ2v) is 6.21. The molecule has 1 fully saturated rings. The molecule has 0 atom stereocenters. The van der Waals surface area contributed by atoms with Crippen LogP contribution in [0.5, 0.6) is 0 Å². The molecule has 1 aromatic rings.